The average Bonchev–Trinajstić information content (AvgIpc) is 3.27. The summed E-state index contributed by atoms with van der Waals surface area (Å²) in [6, 6.07) is 12.8. The zero-order valence-electron chi connectivity index (χ0n) is 21.9. The standard InChI is InChI=1S/C29H30N2O8S/c1-17-24(39-16-23(32)33)26(28(36)37)40-25(17)20-8-5-9-22(14-20)31(15-18-6-3-2-4-7-18)29(38)30-21-12-10-19(11-13-21)27(34)35/h5,8-14,18H,2-4,6-7,15-16H2,1H3,(H,30,38)(H,32,33)(H,34,35)(H,36,37). The van der Waals surface area contributed by atoms with E-state index in [2.05, 4.69) is 5.32 Å². The first-order valence-corrected chi connectivity index (χ1v) is 13.7. The molecule has 0 atom stereocenters. The number of aliphatic carboxylic acids is 1. The van der Waals surface area contributed by atoms with Gasteiger partial charge in [0.15, 0.2) is 11.5 Å². The summed E-state index contributed by atoms with van der Waals surface area (Å²) in [5, 5.41) is 30.7. The van der Waals surface area contributed by atoms with Gasteiger partial charge >= 0.3 is 23.9 Å². The summed E-state index contributed by atoms with van der Waals surface area (Å²) < 4.78 is 5.32. The van der Waals surface area contributed by atoms with Crippen LogP contribution in [-0.2, 0) is 4.79 Å². The van der Waals surface area contributed by atoms with Crippen LogP contribution in [0.5, 0.6) is 5.75 Å². The van der Waals surface area contributed by atoms with Crippen molar-refractivity contribution in [1.29, 1.82) is 0 Å². The number of carboxylic acids is 3. The van der Waals surface area contributed by atoms with E-state index >= 15 is 0 Å². The summed E-state index contributed by atoms with van der Waals surface area (Å²) in [5.74, 6) is -3.16. The fourth-order valence-electron chi connectivity index (χ4n) is 4.86. The molecule has 1 aliphatic rings. The van der Waals surface area contributed by atoms with E-state index in [-0.39, 0.29) is 22.2 Å². The molecule has 3 aromatic rings. The predicted octanol–water partition coefficient (Wildman–Crippen LogP) is 6.20. The zero-order valence-corrected chi connectivity index (χ0v) is 22.7. The van der Waals surface area contributed by atoms with Crippen LogP contribution in [0.2, 0.25) is 0 Å². The number of hydrogen-bond donors (Lipinski definition) is 4. The molecule has 1 heterocycles. The van der Waals surface area contributed by atoms with Crippen molar-refractivity contribution in [3.05, 3.63) is 64.5 Å². The number of nitrogens with one attached hydrogen (secondary N) is 1. The van der Waals surface area contributed by atoms with E-state index in [1.165, 1.54) is 30.7 Å². The third kappa shape index (κ3) is 6.78. The molecular weight excluding hydrogens is 536 g/mol. The number of anilines is 2. The number of urea groups is 1. The minimum atomic E-state index is -1.22. The van der Waals surface area contributed by atoms with E-state index < -0.39 is 24.5 Å². The van der Waals surface area contributed by atoms with E-state index in [1.807, 2.05) is 6.07 Å². The summed E-state index contributed by atoms with van der Waals surface area (Å²) in [6.07, 6.45) is 5.38. The van der Waals surface area contributed by atoms with Crippen LogP contribution >= 0.6 is 11.3 Å². The number of carbonyl (C=O) groups excluding carboxylic acids is 1. The van der Waals surface area contributed by atoms with Gasteiger partial charge in [0.1, 0.15) is 5.75 Å². The monoisotopic (exact) mass is 566 g/mol. The maximum absolute atomic E-state index is 13.6. The maximum atomic E-state index is 13.6. The van der Waals surface area contributed by atoms with Gasteiger partial charge in [-0.15, -0.1) is 11.3 Å². The van der Waals surface area contributed by atoms with Gasteiger partial charge in [0.2, 0.25) is 0 Å². The van der Waals surface area contributed by atoms with Crippen molar-refractivity contribution in [3.63, 3.8) is 0 Å². The van der Waals surface area contributed by atoms with Gasteiger partial charge in [-0.25, -0.2) is 19.2 Å². The van der Waals surface area contributed by atoms with Crippen molar-refractivity contribution in [2.24, 2.45) is 5.92 Å². The van der Waals surface area contributed by atoms with Crippen molar-refractivity contribution in [1.82, 2.24) is 0 Å². The number of rotatable bonds is 10. The van der Waals surface area contributed by atoms with Gasteiger partial charge in [-0.3, -0.25) is 4.90 Å². The fraction of sp³-hybridized carbons (Fsp3) is 0.310. The van der Waals surface area contributed by atoms with Crippen molar-refractivity contribution < 1.29 is 39.2 Å². The number of nitrogens with zero attached hydrogens (tertiary/aromatic N) is 1. The third-order valence-electron chi connectivity index (χ3n) is 6.84. The molecule has 0 spiro atoms. The normalized spacial score (nSPS) is 13.4. The quantitative estimate of drug-likeness (QED) is 0.226. The fourth-order valence-corrected chi connectivity index (χ4v) is 5.94. The van der Waals surface area contributed by atoms with Gasteiger partial charge in [-0.2, -0.15) is 0 Å². The predicted molar refractivity (Wildman–Crippen MR) is 151 cm³/mol. The molecule has 1 saturated carbocycles. The highest BCUT2D eigenvalue weighted by molar-refractivity contribution is 7.18. The second-order valence-corrected chi connectivity index (χ2v) is 10.7. The summed E-state index contributed by atoms with van der Waals surface area (Å²) in [5.41, 5.74) is 2.35. The first-order chi connectivity index (χ1) is 19.1. The van der Waals surface area contributed by atoms with Crippen LogP contribution in [0, 0.1) is 12.8 Å². The number of hydrogen-bond acceptors (Lipinski definition) is 6. The summed E-state index contributed by atoms with van der Waals surface area (Å²) in [4.78, 5) is 49.8. The van der Waals surface area contributed by atoms with E-state index in [0.29, 0.717) is 39.8 Å². The largest absolute Gasteiger partial charge is 0.480 e. The van der Waals surface area contributed by atoms with E-state index in [4.69, 9.17) is 14.9 Å². The van der Waals surface area contributed by atoms with Gasteiger partial charge in [-0.05, 0) is 67.6 Å². The molecule has 40 heavy (non-hydrogen) atoms. The molecule has 1 aromatic heterocycles. The first-order valence-electron chi connectivity index (χ1n) is 12.9. The van der Waals surface area contributed by atoms with E-state index in [1.54, 1.807) is 30.0 Å². The molecular formula is C29H30N2O8S. The molecule has 2 amide bonds. The highest BCUT2D eigenvalue weighted by atomic mass is 32.1. The highest BCUT2D eigenvalue weighted by Gasteiger charge is 2.26. The molecule has 0 bridgehead atoms. The minimum absolute atomic E-state index is 0.0157. The molecule has 1 aliphatic carbocycles. The van der Waals surface area contributed by atoms with E-state index in [0.717, 1.165) is 37.0 Å². The van der Waals surface area contributed by atoms with Gasteiger partial charge in [0, 0.05) is 28.4 Å². The number of carboxylic acid groups (broad SMARTS) is 3. The Morgan fingerprint density at radius 3 is 2.30 bits per heavy atom. The van der Waals surface area contributed by atoms with Crippen LogP contribution < -0.4 is 15.0 Å². The molecule has 1 fully saturated rings. The molecule has 0 radical (unpaired) electrons. The summed E-state index contributed by atoms with van der Waals surface area (Å²) in [6.45, 7) is 1.49. The second kappa shape index (κ2) is 12.6. The molecule has 4 N–H and O–H groups in total. The Morgan fingerprint density at radius 1 is 0.975 bits per heavy atom. The number of aromatic carboxylic acids is 2. The van der Waals surface area contributed by atoms with Crippen LogP contribution in [0.15, 0.2) is 48.5 Å². The van der Waals surface area contributed by atoms with Gasteiger partial charge < -0.3 is 25.4 Å². The molecule has 0 saturated heterocycles. The Morgan fingerprint density at radius 2 is 1.68 bits per heavy atom. The van der Waals surface area contributed by atoms with E-state index in [9.17, 15) is 24.3 Å². The Labute approximate surface area is 234 Å². The number of ether oxygens (including phenoxy) is 1. The lowest BCUT2D eigenvalue weighted by atomic mass is 9.89. The van der Waals surface area contributed by atoms with Crippen molar-refractivity contribution in [3.8, 4) is 16.2 Å². The Balaban J connectivity index is 1.67. The number of carbonyl (C=O) groups is 4. The topological polar surface area (TPSA) is 153 Å². The van der Waals surface area contributed by atoms with Gasteiger partial charge in [0.05, 0.1) is 5.56 Å². The lowest BCUT2D eigenvalue weighted by molar-refractivity contribution is -0.139. The van der Waals surface area contributed by atoms with Crippen molar-refractivity contribution in [2.75, 3.05) is 23.4 Å². The van der Waals surface area contributed by atoms with Crippen LogP contribution in [-0.4, -0.2) is 52.4 Å². The van der Waals surface area contributed by atoms with Crippen LogP contribution in [0.4, 0.5) is 16.2 Å². The SMILES string of the molecule is Cc1c(-c2cccc(N(CC3CCCCC3)C(=O)Nc3ccc(C(=O)O)cc3)c2)sc(C(=O)O)c1OCC(=O)O. The number of benzene rings is 2. The molecule has 10 nitrogen and oxygen atoms in total. The smallest absolute Gasteiger partial charge is 0.349 e. The number of thiophene rings is 1. The summed E-state index contributed by atoms with van der Waals surface area (Å²) >= 11 is 0.985. The van der Waals surface area contributed by atoms with Crippen molar-refractivity contribution in [2.45, 2.75) is 39.0 Å². The molecule has 0 aliphatic heterocycles. The third-order valence-corrected chi connectivity index (χ3v) is 8.15. The molecule has 210 valence electrons. The molecule has 2 aromatic carbocycles. The Kier molecular flexibility index (Phi) is 9.05. The zero-order chi connectivity index (χ0) is 28.8. The highest BCUT2D eigenvalue weighted by Crippen LogP contribution is 2.42. The van der Waals surface area contributed by atoms with Crippen molar-refractivity contribution >= 4 is 46.7 Å². The Bertz CT molecular complexity index is 1410. The van der Waals surface area contributed by atoms with Crippen LogP contribution in [0.3, 0.4) is 0 Å². The lowest BCUT2D eigenvalue weighted by Crippen LogP contribution is -2.39. The second-order valence-electron chi connectivity index (χ2n) is 9.68. The first kappa shape index (κ1) is 28.6. The van der Waals surface area contributed by atoms with Gasteiger partial charge in [0.25, 0.3) is 0 Å². The average molecular weight is 567 g/mol. The van der Waals surface area contributed by atoms with Crippen LogP contribution in [0.25, 0.3) is 10.4 Å². The molecule has 11 heteroatoms. The lowest BCUT2D eigenvalue weighted by Gasteiger charge is -2.30. The molecule has 0 unspecified atom stereocenters. The Hall–Kier alpha value is -4.38. The van der Waals surface area contributed by atoms with Crippen LogP contribution in [0.1, 0.15) is 57.7 Å². The van der Waals surface area contributed by atoms with Gasteiger partial charge in [-0.1, -0.05) is 31.4 Å². The maximum Gasteiger partial charge on any atom is 0.349 e. The minimum Gasteiger partial charge on any atom is -0.480 e. The number of amides is 2. The summed E-state index contributed by atoms with van der Waals surface area (Å²) in [7, 11) is 0. The molecule has 4 rings (SSSR count).